The first kappa shape index (κ1) is 15.5. The minimum absolute atomic E-state index is 0.283. The molecule has 122 valence electrons. The summed E-state index contributed by atoms with van der Waals surface area (Å²) in [5, 5.41) is 7.38. The first-order chi connectivity index (χ1) is 10.7. The fourth-order valence-electron chi connectivity index (χ4n) is 3.57. The topological polar surface area (TPSA) is 58.2 Å². The van der Waals surface area contributed by atoms with Crippen molar-refractivity contribution in [3.05, 3.63) is 17.5 Å². The molecule has 0 spiro atoms. The van der Waals surface area contributed by atoms with Crippen LogP contribution in [-0.4, -0.2) is 46.8 Å². The summed E-state index contributed by atoms with van der Waals surface area (Å²) < 4.78 is 5.72. The van der Waals surface area contributed by atoms with Gasteiger partial charge in [0, 0.05) is 37.7 Å². The summed E-state index contributed by atoms with van der Waals surface area (Å²) in [6.07, 6.45) is 7.51. The maximum absolute atomic E-state index is 12.5. The third-order valence-electron chi connectivity index (χ3n) is 4.87. The van der Waals surface area contributed by atoms with Crippen LogP contribution in [0.3, 0.4) is 0 Å². The molecule has 2 aliphatic rings. The number of nitrogens with zero attached hydrogens (tertiary/aromatic N) is 2. The van der Waals surface area contributed by atoms with E-state index < -0.39 is 0 Å². The standard InChI is InChI=1S/C17H27N3O2/c1-13-11-16(19-18-13)14-5-4-9-20(12-14)17(21)8-7-15-6-2-3-10-22-15/h11,14-15H,2-10,12H2,1H3,(H,18,19)/t14-,15-/m0/s1. The molecular formula is C17H27N3O2. The molecule has 2 atom stereocenters. The van der Waals surface area contributed by atoms with E-state index in [0.29, 0.717) is 18.4 Å². The van der Waals surface area contributed by atoms with Gasteiger partial charge in [-0.05, 0) is 51.5 Å². The number of rotatable bonds is 4. The maximum Gasteiger partial charge on any atom is 0.222 e. The molecule has 0 bridgehead atoms. The number of aryl methyl sites for hydroxylation is 1. The lowest BCUT2D eigenvalue weighted by molar-refractivity contribution is -0.133. The number of carbonyl (C=O) groups is 1. The van der Waals surface area contributed by atoms with Gasteiger partial charge in [-0.3, -0.25) is 9.89 Å². The molecule has 0 aromatic carbocycles. The summed E-state index contributed by atoms with van der Waals surface area (Å²) in [5.41, 5.74) is 2.19. The molecule has 5 nitrogen and oxygen atoms in total. The first-order valence-electron chi connectivity index (χ1n) is 8.63. The van der Waals surface area contributed by atoms with E-state index in [1.165, 1.54) is 12.8 Å². The minimum Gasteiger partial charge on any atom is -0.378 e. The Morgan fingerprint density at radius 2 is 2.32 bits per heavy atom. The van der Waals surface area contributed by atoms with Crippen molar-refractivity contribution >= 4 is 5.91 Å². The van der Waals surface area contributed by atoms with E-state index in [1.807, 2.05) is 11.8 Å². The Bertz CT molecular complexity index is 494. The monoisotopic (exact) mass is 305 g/mol. The number of hydrogen-bond donors (Lipinski definition) is 1. The molecule has 1 amide bonds. The van der Waals surface area contributed by atoms with E-state index in [1.54, 1.807) is 0 Å². The van der Waals surface area contributed by atoms with Gasteiger partial charge in [-0.15, -0.1) is 0 Å². The van der Waals surface area contributed by atoms with Crippen molar-refractivity contribution in [3.8, 4) is 0 Å². The van der Waals surface area contributed by atoms with Crippen LogP contribution in [0.4, 0.5) is 0 Å². The highest BCUT2D eigenvalue weighted by Crippen LogP contribution is 2.27. The molecule has 1 N–H and O–H groups in total. The molecule has 2 aliphatic heterocycles. The van der Waals surface area contributed by atoms with E-state index >= 15 is 0 Å². The van der Waals surface area contributed by atoms with E-state index in [2.05, 4.69) is 16.3 Å². The van der Waals surface area contributed by atoms with Crippen molar-refractivity contribution < 1.29 is 9.53 Å². The quantitative estimate of drug-likeness (QED) is 0.930. The molecule has 3 rings (SSSR count). The van der Waals surface area contributed by atoms with Crippen molar-refractivity contribution in [2.75, 3.05) is 19.7 Å². The Labute approximate surface area is 132 Å². The molecule has 5 heteroatoms. The van der Waals surface area contributed by atoms with Crippen molar-refractivity contribution in [2.45, 2.75) is 63.9 Å². The number of H-pyrrole nitrogens is 1. The van der Waals surface area contributed by atoms with Crippen molar-refractivity contribution in [1.82, 2.24) is 15.1 Å². The van der Waals surface area contributed by atoms with Gasteiger partial charge < -0.3 is 9.64 Å². The largest absolute Gasteiger partial charge is 0.378 e. The number of likely N-dealkylation sites (tertiary alicyclic amines) is 1. The molecule has 1 aromatic heterocycles. The number of carbonyl (C=O) groups excluding carboxylic acids is 1. The van der Waals surface area contributed by atoms with Crippen molar-refractivity contribution in [2.24, 2.45) is 0 Å². The normalized spacial score (nSPS) is 26.1. The highest BCUT2D eigenvalue weighted by Gasteiger charge is 2.26. The second kappa shape index (κ2) is 7.27. The second-order valence-electron chi connectivity index (χ2n) is 6.68. The fourth-order valence-corrected chi connectivity index (χ4v) is 3.57. The highest BCUT2D eigenvalue weighted by atomic mass is 16.5. The van der Waals surface area contributed by atoms with Crippen LogP contribution in [-0.2, 0) is 9.53 Å². The predicted molar refractivity (Wildman–Crippen MR) is 84.7 cm³/mol. The van der Waals surface area contributed by atoms with Crippen LogP contribution >= 0.6 is 0 Å². The number of nitrogens with one attached hydrogen (secondary N) is 1. The summed E-state index contributed by atoms with van der Waals surface area (Å²) >= 11 is 0. The fraction of sp³-hybridized carbons (Fsp3) is 0.765. The van der Waals surface area contributed by atoms with Crippen LogP contribution < -0.4 is 0 Å². The van der Waals surface area contributed by atoms with Crippen LogP contribution in [0.15, 0.2) is 6.07 Å². The molecule has 3 heterocycles. The Morgan fingerprint density at radius 3 is 3.05 bits per heavy atom. The second-order valence-corrected chi connectivity index (χ2v) is 6.68. The van der Waals surface area contributed by atoms with Crippen LogP contribution in [0.5, 0.6) is 0 Å². The zero-order valence-electron chi connectivity index (χ0n) is 13.5. The van der Waals surface area contributed by atoms with Gasteiger partial charge >= 0.3 is 0 Å². The predicted octanol–water partition coefficient (Wildman–Crippen LogP) is 2.77. The average molecular weight is 305 g/mol. The minimum atomic E-state index is 0.283. The lowest BCUT2D eigenvalue weighted by Crippen LogP contribution is -2.39. The van der Waals surface area contributed by atoms with E-state index in [9.17, 15) is 4.79 Å². The first-order valence-corrected chi connectivity index (χ1v) is 8.63. The molecule has 22 heavy (non-hydrogen) atoms. The molecule has 0 unspecified atom stereocenters. The molecule has 0 saturated carbocycles. The number of amides is 1. The number of piperidine rings is 1. The van der Waals surface area contributed by atoms with Crippen LogP contribution in [0.1, 0.15) is 62.3 Å². The molecule has 0 aliphatic carbocycles. The molecule has 2 fully saturated rings. The molecule has 0 radical (unpaired) electrons. The number of ether oxygens (including phenoxy) is 1. The lowest BCUT2D eigenvalue weighted by atomic mass is 9.94. The summed E-state index contributed by atoms with van der Waals surface area (Å²) in [7, 11) is 0. The highest BCUT2D eigenvalue weighted by molar-refractivity contribution is 5.76. The van der Waals surface area contributed by atoms with Crippen LogP contribution in [0, 0.1) is 6.92 Å². The Morgan fingerprint density at radius 1 is 1.41 bits per heavy atom. The molecule has 1 aromatic rings. The van der Waals surface area contributed by atoms with E-state index in [0.717, 1.165) is 56.8 Å². The van der Waals surface area contributed by atoms with Crippen molar-refractivity contribution in [1.29, 1.82) is 0 Å². The number of aromatic amines is 1. The Balaban J connectivity index is 1.49. The zero-order valence-corrected chi connectivity index (χ0v) is 13.5. The Kier molecular flexibility index (Phi) is 5.13. The Hall–Kier alpha value is -1.36. The van der Waals surface area contributed by atoms with Crippen LogP contribution in [0.2, 0.25) is 0 Å². The maximum atomic E-state index is 12.5. The third kappa shape index (κ3) is 3.88. The lowest BCUT2D eigenvalue weighted by Gasteiger charge is -2.32. The smallest absolute Gasteiger partial charge is 0.222 e. The van der Waals surface area contributed by atoms with Gasteiger partial charge in [-0.1, -0.05) is 0 Å². The third-order valence-corrected chi connectivity index (χ3v) is 4.87. The van der Waals surface area contributed by atoms with Gasteiger partial charge in [-0.2, -0.15) is 5.10 Å². The van der Waals surface area contributed by atoms with E-state index in [-0.39, 0.29) is 5.91 Å². The summed E-state index contributed by atoms with van der Waals surface area (Å²) in [4.78, 5) is 14.5. The van der Waals surface area contributed by atoms with Gasteiger partial charge in [0.15, 0.2) is 0 Å². The zero-order chi connectivity index (χ0) is 15.4. The summed E-state index contributed by atoms with van der Waals surface area (Å²) in [6.45, 7) is 4.59. The number of hydrogen-bond acceptors (Lipinski definition) is 3. The summed E-state index contributed by atoms with van der Waals surface area (Å²) in [6, 6.07) is 2.11. The van der Waals surface area contributed by atoms with Gasteiger partial charge in [0.2, 0.25) is 5.91 Å². The van der Waals surface area contributed by atoms with Gasteiger partial charge in [0.05, 0.1) is 11.8 Å². The van der Waals surface area contributed by atoms with Crippen LogP contribution in [0.25, 0.3) is 0 Å². The molecule has 2 saturated heterocycles. The molecular weight excluding hydrogens is 278 g/mol. The van der Waals surface area contributed by atoms with Gasteiger partial charge in [0.1, 0.15) is 0 Å². The van der Waals surface area contributed by atoms with E-state index in [4.69, 9.17) is 4.74 Å². The van der Waals surface area contributed by atoms with Crippen molar-refractivity contribution in [3.63, 3.8) is 0 Å². The SMILES string of the molecule is Cc1cc([C@H]2CCCN(C(=O)CC[C@@H]3CCCCO3)C2)n[nH]1. The van der Waals surface area contributed by atoms with Gasteiger partial charge in [0.25, 0.3) is 0 Å². The average Bonchev–Trinajstić information content (AvgIpc) is 3.00. The number of aromatic nitrogens is 2. The van der Waals surface area contributed by atoms with Gasteiger partial charge in [-0.25, -0.2) is 0 Å². The summed E-state index contributed by atoms with van der Waals surface area (Å²) in [5.74, 6) is 0.666.